The van der Waals surface area contributed by atoms with E-state index in [1.54, 1.807) is 0 Å². The third kappa shape index (κ3) is 3.87. The normalized spacial score (nSPS) is 25.0. The van der Waals surface area contributed by atoms with Crippen molar-refractivity contribution in [1.82, 2.24) is 0 Å². The molecule has 4 aliphatic rings. The van der Waals surface area contributed by atoms with Crippen molar-refractivity contribution in [2.75, 3.05) is 10.1 Å². The molecule has 4 heterocycles. The molecule has 2 saturated heterocycles. The molecule has 4 bridgehead atoms. The monoisotopic (exact) mass is 474 g/mol. The Labute approximate surface area is 212 Å². The number of hydrogen-bond acceptors (Lipinski definition) is 4. The van der Waals surface area contributed by atoms with Crippen molar-refractivity contribution >= 4 is 11.4 Å². The molecule has 2 fully saturated rings. The summed E-state index contributed by atoms with van der Waals surface area (Å²) in [6, 6.07) is 39.2. The van der Waals surface area contributed by atoms with Crippen LogP contribution in [0.1, 0.15) is 47.2 Å². The molecule has 4 atom stereocenters. The zero-order valence-corrected chi connectivity index (χ0v) is 20.2. The molecular weight excluding hydrogens is 444 g/mol. The zero-order valence-electron chi connectivity index (χ0n) is 20.2. The molecule has 0 saturated carbocycles. The van der Waals surface area contributed by atoms with E-state index in [2.05, 4.69) is 119 Å². The summed E-state index contributed by atoms with van der Waals surface area (Å²) in [6.45, 7) is 0. The van der Waals surface area contributed by atoms with Gasteiger partial charge in [0.1, 0.15) is 0 Å². The smallest absolute Gasteiger partial charge is 0.0921 e. The molecule has 4 nitrogen and oxygen atoms in total. The van der Waals surface area contributed by atoms with E-state index < -0.39 is 0 Å². The average Bonchev–Trinajstić information content (AvgIpc) is 3.48. The topological polar surface area (TPSA) is 24.9 Å². The number of rotatable bonds is 2. The first-order valence-corrected chi connectivity index (χ1v) is 13.0. The second-order valence-corrected chi connectivity index (χ2v) is 10.1. The minimum atomic E-state index is 0.338. The van der Waals surface area contributed by atoms with Gasteiger partial charge in [0.05, 0.1) is 35.7 Å². The fourth-order valence-corrected chi connectivity index (χ4v) is 6.12. The maximum absolute atomic E-state index is 6.02. The number of fused-ring (bicyclic) bond motifs is 8. The van der Waals surface area contributed by atoms with Crippen molar-refractivity contribution in [2.45, 2.75) is 50.0 Å². The number of anilines is 2. The minimum Gasteiger partial charge on any atom is -0.269 e. The quantitative estimate of drug-likeness (QED) is 0.313. The Morgan fingerprint density at radius 1 is 0.472 bits per heavy atom. The third-order valence-electron chi connectivity index (χ3n) is 7.79. The molecule has 4 aromatic carbocycles. The van der Waals surface area contributed by atoms with Crippen LogP contribution in [0.4, 0.5) is 11.4 Å². The highest BCUT2D eigenvalue weighted by Gasteiger charge is 2.40. The predicted octanol–water partition coefficient (Wildman–Crippen LogP) is 6.99. The van der Waals surface area contributed by atoms with E-state index in [9.17, 15) is 0 Å². The van der Waals surface area contributed by atoms with Gasteiger partial charge in [-0.05, 0) is 34.4 Å². The van der Waals surface area contributed by atoms with Gasteiger partial charge in [-0.1, -0.05) is 97.1 Å². The van der Waals surface area contributed by atoms with Crippen LogP contribution in [0.5, 0.6) is 0 Å². The summed E-state index contributed by atoms with van der Waals surface area (Å²) >= 11 is 0. The van der Waals surface area contributed by atoms with Crippen molar-refractivity contribution in [2.24, 2.45) is 0 Å². The largest absolute Gasteiger partial charge is 0.269 e. The van der Waals surface area contributed by atoms with Crippen LogP contribution in [-0.4, -0.2) is 12.2 Å². The molecule has 4 aromatic rings. The summed E-state index contributed by atoms with van der Waals surface area (Å²) in [7, 11) is 0. The first-order chi connectivity index (χ1) is 17.8. The molecule has 4 aliphatic heterocycles. The molecule has 180 valence electrons. The molecular formula is C32H30N2O2. The van der Waals surface area contributed by atoms with E-state index in [-0.39, 0.29) is 0 Å². The lowest BCUT2D eigenvalue weighted by atomic mass is 10.0. The summed E-state index contributed by atoms with van der Waals surface area (Å²) in [5.74, 6) is 0. The van der Waals surface area contributed by atoms with E-state index in [0.717, 1.165) is 25.7 Å². The molecule has 4 heteroatoms. The van der Waals surface area contributed by atoms with Crippen molar-refractivity contribution in [3.05, 3.63) is 131 Å². The zero-order chi connectivity index (χ0) is 23.9. The van der Waals surface area contributed by atoms with Crippen molar-refractivity contribution < 1.29 is 9.68 Å². The highest BCUT2D eigenvalue weighted by Crippen LogP contribution is 2.45. The first-order valence-electron chi connectivity index (χ1n) is 13.0. The van der Waals surface area contributed by atoms with Gasteiger partial charge in [-0.15, -0.1) is 0 Å². The Kier molecular flexibility index (Phi) is 5.49. The molecule has 0 amide bonds. The minimum absolute atomic E-state index is 0.338. The Balaban J connectivity index is 0.000000122. The highest BCUT2D eigenvalue weighted by atomic mass is 16.7. The number of benzene rings is 4. The van der Waals surface area contributed by atoms with Gasteiger partial charge in [-0.2, -0.15) is 0 Å². The van der Waals surface area contributed by atoms with Crippen LogP contribution in [0.15, 0.2) is 109 Å². The van der Waals surface area contributed by atoms with E-state index in [4.69, 9.17) is 9.68 Å². The second kappa shape index (κ2) is 9.12. The molecule has 0 aromatic heterocycles. The standard InChI is InChI=1S/2C16H15NO/c2*1-2-6-12(7-3-1)16-11-14-10-13-8-4-5-9-15(13)17(16)18-14/h2*1-9,14,16H,10-11H2/t2*14-,16+/m11/s1. The van der Waals surface area contributed by atoms with E-state index in [1.807, 2.05) is 0 Å². The van der Waals surface area contributed by atoms with Crippen molar-refractivity contribution in [1.29, 1.82) is 0 Å². The van der Waals surface area contributed by atoms with Gasteiger partial charge in [0.2, 0.25) is 0 Å². The lowest BCUT2D eigenvalue weighted by molar-refractivity contribution is 0.0732. The van der Waals surface area contributed by atoms with Crippen LogP contribution in [0.25, 0.3) is 0 Å². The number of nitrogens with zero attached hydrogens (tertiary/aromatic N) is 2. The van der Waals surface area contributed by atoms with Gasteiger partial charge >= 0.3 is 0 Å². The van der Waals surface area contributed by atoms with Crippen LogP contribution in [-0.2, 0) is 22.5 Å². The summed E-state index contributed by atoms with van der Waals surface area (Å²) < 4.78 is 0. The van der Waals surface area contributed by atoms with Crippen molar-refractivity contribution in [3.63, 3.8) is 0 Å². The van der Waals surface area contributed by atoms with Crippen LogP contribution in [0, 0.1) is 0 Å². The average molecular weight is 475 g/mol. The lowest BCUT2D eigenvalue weighted by Crippen LogP contribution is -2.27. The summed E-state index contributed by atoms with van der Waals surface area (Å²) in [5, 5.41) is 4.22. The van der Waals surface area contributed by atoms with Crippen LogP contribution < -0.4 is 10.1 Å². The van der Waals surface area contributed by atoms with Gasteiger partial charge in [0.25, 0.3) is 0 Å². The first kappa shape index (κ1) is 21.7. The Bertz CT molecular complexity index is 1240. The van der Waals surface area contributed by atoms with E-state index >= 15 is 0 Å². The SMILES string of the molecule is c1ccc([C@@H]2C[C@H]3Cc4ccccc4N2O3)cc1.c1ccc([C@@H]2C[C@H]3Cc4ccccc4N2O3)cc1. The van der Waals surface area contributed by atoms with Crippen LogP contribution >= 0.6 is 0 Å². The molecule has 0 radical (unpaired) electrons. The predicted molar refractivity (Wildman–Crippen MR) is 143 cm³/mol. The molecule has 0 spiro atoms. The van der Waals surface area contributed by atoms with Crippen LogP contribution in [0.2, 0.25) is 0 Å². The molecule has 0 unspecified atom stereocenters. The summed E-state index contributed by atoms with van der Waals surface area (Å²) in [6.07, 6.45) is 4.92. The molecule has 0 aliphatic carbocycles. The van der Waals surface area contributed by atoms with E-state index in [1.165, 1.54) is 33.6 Å². The molecule has 0 N–H and O–H groups in total. The Morgan fingerprint density at radius 2 is 0.861 bits per heavy atom. The maximum Gasteiger partial charge on any atom is 0.0921 e. The molecule has 36 heavy (non-hydrogen) atoms. The third-order valence-corrected chi connectivity index (χ3v) is 7.79. The number of hydroxylamine groups is 2. The van der Waals surface area contributed by atoms with Gasteiger partial charge in [0.15, 0.2) is 0 Å². The summed E-state index contributed by atoms with van der Waals surface area (Å²) in [4.78, 5) is 12.0. The lowest BCUT2D eigenvalue weighted by Gasteiger charge is -2.30. The highest BCUT2D eigenvalue weighted by molar-refractivity contribution is 5.57. The second-order valence-electron chi connectivity index (χ2n) is 10.1. The van der Waals surface area contributed by atoms with Crippen molar-refractivity contribution in [3.8, 4) is 0 Å². The van der Waals surface area contributed by atoms with Gasteiger partial charge in [0, 0.05) is 25.7 Å². The number of para-hydroxylation sites is 2. The van der Waals surface area contributed by atoms with Gasteiger partial charge < -0.3 is 0 Å². The molecule has 8 rings (SSSR count). The van der Waals surface area contributed by atoms with Gasteiger partial charge in [-0.3, -0.25) is 9.68 Å². The summed E-state index contributed by atoms with van der Waals surface area (Å²) in [5.41, 5.74) is 7.98. The Morgan fingerprint density at radius 3 is 1.31 bits per heavy atom. The fourth-order valence-electron chi connectivity index (χ4n) is 6.12. The van der Waals surface area contributed by atoms with Gasteiger partial charge in [-0.25, -0.2) is 10.1 Å². The maximum atomic E-state index is 6.02. The fraction of sp³-hybridized carbons (Fsp3) is 0.250. The van der Waals surface area contributed by atoms with Crippen LogP contribution in [0.3, 0.4) is 0 Å². The number of hydrogen-bond donors (Lipinski definition) is 0. The Hall–Kier alpha value is -3.60. The van der Waals surface area contributed by atoms with E-state index in [0.29, 0.717) is 24.3 Å².